The van der Waals surface area contributed by atoms with E-state index in [1.165, 1.54) is 0 Å². The maximum absolute atomic E-state index is 12.4. The summed E-state index contributed by atoms with van der Waals surface area (Å²) in [6, 6.07) is 9.66. The van der Waals surface area contributed by atoms with Gasteiger partial charge in [0.15, 0.2) is 11.4 Å². The van der Waals surface area contributed by atoms with Crippen molar-refractivity contribution in [2.45, 2.75) is 26.2 Å². The molecule has 0 aliphatic carbocycles. The molecule has 0 unspecified atom stereocenters. The second-order valence-corrected chi connectivity index (χ2v) is 6.48. The second-order valence-electron chi connectivity index (χ2n) is 6.48. The van der Waals surface area contributed by atoms with Crippen molar-refractivity contribution in [3.8, 4) is 11.8 Å². The smallest absolute Gasteiger partial charge is 0.271 e. The van der Waals surface area contributed by atoms with Crippen LogP contribution in [-0.4, -0.2) is 30.2 Å². The average molecular weight is 338 g/mol. The maximum Gasteiger partial charge on any atom is 0.271 e. The second kappa shape index (κ2) is 7.39. The minimum atomic E-state index is -0.379. The Bertz CT molecular complexity index is 845. The van der Waals surface area contributed by atoms with E-state index in [4.69, 9.17) is 4.74 Å². The number of ether oxygens (including phenoxy) is 1. The van der Waals surface area contributed by atoms with Gasteiger partial charge in [-0.25, -0.2) is 4.98 Å². The van der Waals surface area contributed by atoms with Crippen LogP contribution in [0.3, 0.4) is 0 Å². The van der Waals surface area contributed by atoms with Crippen LogP contribution in [0.2, 0.25) is 0 Å². The molecular weight excluding hydrogens is 316 g/mol. The highest BCUT2D eigenvalue weighted by molar-refractivity contribution is 5.53. The van der Waals surface area contributed by atoms with E-state index in [0.29, 0.717) is 24.0 Å². The molecule has 0 radical (unpaired) electrons. The Morgan fingerprint density at radius 2 is 2.08 bits per heavy atom. The van der Waals surface area contributed by atoms with E-state index < -0.39 is 0 Å². The van der Waals surface area contributed by atoms with Crippen molar-refractivity contribution in [1.29, 1.82) is 5.26 Å². The number of hydrogen-bond donors (Lipinski definition) is 1. The zero-order chi connectivity index (χ0) is 17.8. The molecule has 1 aliphatic rings. The summed E-state index contributed by atoms with van der Waals surface area (Å²) in [5.74, 6) is 2.46. The molecule has 0 bridgehead atoms. The summed E-state index contributed by atoms with van der Waals surface area (Å²) in [6.07, 6.45) is 2.53. The molecule has 130 valence electrons. The molecule has 1 aromatic heterocycles. The van der Waals surface area contributed by atoms with Gasteiger partial charge in [0.25, 0.3) is 5.56 Å². The molecule has 0 saturated carbocycles. The van der Waals surface area contributed by atoms with Crippen LogP contribution >= 0.6 is 0 Å². The number of methoxy groups -OCH3 is 1. The number of piperidine rings is 1. The van der Waals surface area contributed by atoms with Crippen LogP contribution in [0.1, 0.15) is 36.7 Å². The average Bonchev–Trinajstić information content (AvgIpc) is 2.62. The van der Waals surface area contributed by atoms with E-state index in [1.54, 1.807) is 7.11 Å². The number of anilines is 1. The normalized spacial score (nSPS) is 15.0. The van der Waals surface area contributed by atoms with Gasteiger partial charge >= 0.3 is 0 Å². The third-order valence-electron chi connectivity index (χ3n) is 4.69. The number of benzene rings is 1. The van der Waals surface area contributed by atoms with E-state index in [1.807, 2.05) is 30.3 Å². The Labute approximate surface area is 147 Å². The Morgan fingerprint density at radius 1 is 1.36 bits per heavy atom. The lowest BCUT2D eigenvalue weighted by Gasteiger charge is -2.31. The van der Waals surface area contributed by atoms with Crippen LogP contribution in [0.4, 0.5) is 5.82 Å². The van der Waals surface area contributed by atoms with E-state index in [-0.39, 0.29) is 11.1 Å². The van der Waals surface area contributed by atoms with Crippen LogP contribution < -0.4 is 15.2 Å². The highest BCUT2D eigenvalue weighted by Crippen LogP contribution is 2.24. The van der Waals surface area contributed by atoms with Gasteiger partial charge in [-0.15, -0.1) is 0 Å². The SMILES string of the molecule is COc1ccccc1Cc1nc(N2CCC(C)CC2)c(C#N)c(=O)[nH]1. The zero-order valence-electron chi connectivity index (χ0n) is 14.6. The Kier molecular flexibility index (Phi) is 5.03. The van der Waals surface area contributed by atoms with Crippen molar-refractivity contribution in [3.63, 3.8) is 0 Å². The molecule has 3 rings (SSSR count). The fourth-order valence-corrected chi connectivity index (χ4v) is 3.17. The molecule has 0 amide bonds. The largest absolute Gasteiger partial charge is 0.496 e. The molecule has 1 saturated heterocycles. The van der Waals surface area contributed by atoms with Crippen molar-refractivity contribution in [1.82, 2.24) is 9.97 Å². The molecule has 1 fully saturated rings. The number of H-pyrrole nitrogens is 1. The topological polar surface area (TPSA) is 82.0 Å². The summed E-state index contributed by atoms with van der Waals surface area (Å²) in [7, 11) is 1.62. The van der Waals surface area contributed by atoms with Crippen molar-refractivity contribution in [3.05, 3.63) is 51.6 Å². The molecule has 6 nitrogen and oxygen atoms in total. The zero-order valence-corrected chi connectivity index (χ0v) is 14.6. The van der Waals surface area contributed by atoms with Crippen LogP contribution in [0.5, 0.6) is 5.75 Å². The van der Waals surface area contributed by atoms with Crippen LogP contribution in [-0.2, 0) is 6.42 Å². The molecule has 0 atom stereocenters. The van der Waals surface area contributed by atoms with Crippen molar-refractivity contribution >= 4 is 5.82 Å². The monoisotopic (exact) mass is 338 g/mol. The van der Waals surface area contributed by atoms with E-state index in [0.717, 1.165) is 37.2 Å². The number of aromatic amines is 1. The summed E-state index contributed by atoms with van der Waals surface area (Å²) in [6.45, 7) is 3.86. The van der Waals surface area contributed by atoms with Gasteiger partial charge in [-0.1, -0.05) is 25.1 Å². The predicted octanol–water partition coefficient (Wildman–Crippen LogP) is 2.48. The van der Waals surface area contributed by atoms with Crippen molar-refractivity contribution in [2.75, 3.05) is 25.1 Å². The predicted molar refractivity (Wildman–Crippen MR) is 96.0 cm³/mol. The van der Waals surface area contributed by atoms with Gasteiger partial charge in [0.2, 0.25) is 0 Å². The third-order valence-corrected chi connectivity index (χ3v) is 4.69. The van der Waals surface area contributed by atoms with Crippen LogP contribution in [0.15, 0.2) is 29.1 Å². The van der Waals surface area contributed by atoms with Gasteiger partial charge in [-0.2, -0.15) is 5.26 Å². The summed E-state index contributed by atoms with van der Waals surface area (Å²) in [5, 5.41) is 9.39. The molecular formula is C19H22N4O2. The highest BCUT2D eigenvalue weighted by Gasteiger charge is 2.22. The first kappa shape index (κ1) is 17.0. The van der Waals surface area contributed by atoms with Crippen LogP contribution in [0, 0.1) is 17.2 Å². The molecule has 0 spiro atoms. The maximum atomic E-state index is 12.4. The van der Waals surface area contributed by atoms with Crippen molar-refractivity contribution in [2.24, 2.45) is 5.92 Å². The van der Waals surface area contributed by atoms with E-state index >= 15 is 0 Å². The van der Waals surface area contributed by atoms with Gasteiger partial charge in [0.05, 0.1) is 7.11 Å². The van der Waals surface area contributed by atoms with Crippen molar-refractivity contribution < 1.29 is 4.74 Å². The van der Waals surface area contributed by atoms with Crippen LogP contribution in [0.25, 0.3) is 0 Å². The summed E-state index contributed by atoms with van der Waals surface area (Å²) in [5.41, 5.74) is 0.658. The Morgan fingerprint density at radius 3 is 2.76 bits per heavy atom. The van der Waals surface area contributed by atoms with Gasteiger partial charge in [0, 0.05) is 25.1 Å². The summed E-state index contributed by atoms with van der Waals surface area (Å²) < 4.78 is 5.37. The van der Waals surface area contributed by atoms with E-state index in [2.05, 4.69) is 21.8 Å². The molecule has 2 aromatic rings. The van der Waals surface area contributed by atoms with Gasteiger partial charge in [-0.05, 0) is 24.8 Å². The minimum absolute atomic E-state index is 0.0957. The van der Waals surface area contributed by atoms with Gasteiger partial charge < -0.3 is 14.6 Å². The number of nitriles is 1. The van der Waals surface area contributed by atoms with Gasteiger partial charge in [0.1, 0.15) is 17.6 Å². The number of nitrogens with zero attached hydrogens (tertiary/aromatic N) is 3. The molecule has 1 N–H and O–H groups in total. The first-order valence-corrected chi connectivity index (χ1v) is 8.52. The number of para-hydroxylation sites is 1. The first-order valence-electron chi connectivity index (χ1n) is 8.52. The fraction of sp³-hybridized carbons (Fsp3) is 0.421. The quantitative estimate of drug-likeness (QED) is 0.926. The molecule has 2 heterocycles. The lowest BCUT2D eigenvalue weighted by molar-refractivity contribution is 0.410. The van der Waals surface area contributed by atoms with Gasteiger partial charge in [-0.3, -0.25) is 4.79 Å². The minimum Gasteiger partial charge on any atom is -0.496 e. The summed E-state index contributed by atoms with van der Waals surface area (Å²) >= 11 is 0. The fourth-order valence-electron chi connectivity index (χ4n) is 3.17. The Balaban J connectivity index is 1.96. The molecule has 1 aromatic carbocycles. The third kappa shape index (κ3) is 3.66. The lowest BCUT2D eigenvalue weighted by Crippen LogP contribution is -2.36. The molecule has 25 heavy (non-hydrogen) atoms. The first-order chi connectivity index (χ1) is 12.1. The Hall–Kier alpha value is -2.81. The number of hydrogen-bond acceptors (Lipinski definition) is 5. The lowest BCUT2D eigenvalue weighted by atomic mass is 9.99. The number of nitrogens with one attached hydrogen (secondary N) is 1. The van der Waals surface area contributed by atoms with E-state index in [9.17, 15) is 10.1 Å². The highest BCUT2D eigenvalue weighted by atomic mass is 16.5. The number of aromatic nitrogens is 2. The molecule has 6 heteroatoms. The molecule has 1 aliphatic heterocycles. The number of rotatable bonds is 4. The standard InChI is InChI=1S/C19H22N4O2/c1-13-7-9-23(10-8-13)18-15(12-20)19(24)22-17(21-18)11-14-5-3-4-6-16(14)25-2/h3-6,13H,7-11H2,1-2H3,(H,21,22,24). The summed E-state index contributed by atoms with van der Waals surface area (Å²) in [4.78, 5) is 21.8.